The van der Waals surface area contributed by atoms with Gasteiger partial charge < -0.3 is 9.64 Å². The van der Waals surface area contributed by atoms with Gasteiger partial charge in [0, 0.05) is 32.1 Å². The Hall–Kier alpha value is -2.27. The van der Waals surface area contributed by atoms with Crippen molar-refractivity contribution in [3.05, 3.63) is 65.7 Å². The Kier molecular flexibility index (Phi) is 6.72. The predicted molar refractivity (Wildman–Crippen MR) is 98.0 cm³/mol. The van der Waals surface area contributed by atoms with Gasteiger partial charge in [-0.1, -0.05) is 24.3 Å². The van der Waals surface area contributed by atoms with Gasteiger partial charge in [-0.05, 0) is 48.9 Å². The van der Waals surface area contributed by atoms with Crippen LogP contribution in [0.25, 0.3) is 0 Å². The lowest BCUT2D eigenvalue weighted by Crippen LogP contribution is -2.36. The van der Waals surface area contributed by atoms with E-state index >= 15 is 0 Å². The number of benzene rings is 1. The summed E-state index contributed by atoms with van der Waals surface area (Å²) in [5.74, 6) is -0.172. The van der Waals surface area contributed by atoms with Gasteiger partial charge in [0.2, 0.25) is 5.91 Å². The average molecular weight is 356 g/mol. The molecule has 2 aromatic rings. The molecule has 1 fully saturated rings. The largest absolute Gasteiger partial charge is 0.378 e. The van der Waals surface area contributed by atoms with Crippen LogP contribution in [0, 0.1) is 5.82 Å². The maximum absolute atomic E-state index is 13.9. The minimum absolute atomic E-state index is 0.00103. The number of hydrogen-bond donors (Lipinski definition) is 0. The van der Waals surface area contributed by atoms with Gasteiger partial charge >= 0.3 is 0 Å². The third kappa shape index (κ3) is 5.36. The van der Waals surface area contributed by atoms with E-state index in [1.165, 1.54) is 6.07 Å². The first-order valence-electron chi connectivity index (χ1n) is 9.24. The molecule has 0 radical (unpaired) electrons. The molecule has 0 saturated carbocycles. The lowest BCUT2D eigenvalue weighted by molar-refractivity contribution is -0.135. The van der Waals surface area contributed by atoms with Gasteiger partial charge in [0.25, 0.3) is 0 Å². The van der Waals surface area contributed by atoms with Crippen molar-refractivity contribution < 1.29 is 13.9 Å². The van der Waals surface area contributed by atoms with Crippen molar-refractivity contribution in [2.24, 2.45) is 0 Å². The van der Waals surface area contributed by atoms with Crippen LogP contribution in [-0.4, -0.2) is 35.0 Å². The topological polar surface area (TPSA) is 42.4 Å². The average Bonchev–Trinajstić information content (AvgIpc) is 2.68. The van der Waals surface area contributed by atoms with Crippen LogP contribution in [0.5, 0.6) is 0 Å². The number of ether oxygens (including phenoxy) is 1. The molecule has 5 heteroatoms. The Labute approximate surface area is 154 Å². The molecule has 0 N–H and O–H groups in total. The van der Waals surface area contributed by atoms with E-state index in [4.69, 9.17) is 4.74 Å². The molecule has 1 aromatic heterocycles. The van der Waals surface area contributed by atoms with Gasteiger partial charge in [-0.3, -0.25) is 9.78 Å². The van der Waals surface area contributed by atoms with Gasteiger partial charge in [-0.15, -0.1) is 0 Å². The molecule has 1 unspecified atom stereocenters. The number of carbonyl (C=O) groups excluding carboxylic acids is 1. The van der Waals surface area contributed by atoms with Crippen LogP contribution >= 0.6 is 0 Å². The molecule has 3 rings (SSSR count). The molecule has 0 spiro atoms. The second kappa shape index (κ2) is 9.43. The van der Waals surface area contributed by atoms with E-state index in [2.05, 4.69) is 4.98 Å². The van der Waals surface area contributed by atoms with Gasteiger partial charge in [0.05, 0.1) is 12.5 Å². The lowest BCUT2D eigenvalue weighted by atomic mass is 10.1. The highest BCUT2D eigenvalue weighted by molar-refractivity contribution is 5.76. The van der Waals surface area contributed by atoms with Crippen molar-refractivity contribution in [1.29, 1.82) is 0 Å². The first kappa shape index (κ1) is 18.5. The fraction of sp³-hybridized carbons (Fsp3) is 0.429. The first-order valence-corrected chi connectivity index (χ1v) is 9.24. The van der Waals surface area contributed by atoms with E-state index in [0.717, 1.165) is 31.4 Å². The van der Waals surface area contributed by atoms with Crippen molar-refractivity contribution in [1.82, 2.24) is 9.88 Å². The summed E-state index contributed by atoms with van der Waals surface area (Å²) in [5.41, 5.74) is 1.60. The summed E-state index contributed by atoms with van der Waals surface area (Å²) >= 11 is 0. The predicted octanol–water partition coefficient (Wildman–Crippen LogP) is 3.75. The highest BCUT2D eigenvalue weighted by atomic mass is 19.1. The number of nitrogens with zero attached hydrogens (tertiary/aromatic N) is 2. The van der Waals surface area contributed by atoms with Crippen LogP contribution < -0.4 is 0 Å². The van der Waals surface area contributed by atoms with Crippen LogP contribution in [0.2, 0.25) is 0 Å². The SMILES string of the molecule is O=C(CC1CCCCO1)N(CCc1ccccc1F)Cc1cccnc1. The maximum atomic E-state index is 13.9. The normalized spacial score (nSPS) is 17.0. The molecule has 1 saturated heterocycles. The lowest BCUT2D eigenvalue weighted by Gasteiger charge is -2.27. The van der Waals surface area contributed by atoms with Gasteiger partial charge in [0.1, 0.15) is 5.82 Å². The van der Waals surface area contributed by atoms with Crippen LogP contribution in [-0.2, 0) is 22.5 Å². The number of rotatable bonds is 7. The maximum Gasteiger partial charge on any atom is 0.225 e. The zero-order valence-electron chi connectivity index (χ0n) is 14.9. The summed E-state index contributed by atoms with van der Waals surface area (Å²) in [5, 5.41) is 0. The Morgan fingerprint density at radius 2 is 2.12 bits per heavy atom. The zero-order valence-corrected chi connectivity index (χ0v) is 14.9. The van der Waals surface area contributed by atoms with Crippen molar-refractivity contribution in [2.45, 2.75) is 44.8 Å². The van der Waals surface area contributed by atoms with Gasteiger partial charge in [0.15, 0.2) is 0 Å². The Bertz CT molecular complexity index is 702. The van der Waals surface area contributed by atoms with Crippen LogP contribution in [0.4, 0.5) is 4.39 Å². The summed E-state index contributed by atoms with van der Waals surface area (Å²) in [6.45, 7) is 1.69. The third-order valence-corrected chi connectivity index (χ3v) is 4.73. The highest BCUT2D eigenvalue weighted by Gasteiger charge is 2.22. The standard InChI is InChI=1S/C21H25FN2O2/c22-20-9-2-1-7-18(20)10-12-24(16-17-6-5-11-23-15-17)21(25)14-19-8-3-4-13-26-19/h1-2,5-7,9,11,15,19H,3-4,8,10,12-14,16H2. The number of pyridine rings is 1. The molecule has 1 aliphatic heterocycles. The van der Waals surface area contributed by atoms with Crippen molar-refractivity contribution in [3.63, 3.8) is 0 Å². The van der Waals surface area contributed by atoms with Crippen LogP contribution in [0.15, 0.2) is 48.8 Å². The van der Waals surface area contributed by atoms with Crippen LogP contribution in [0.3, 0.4) is 0 Å². The first-order chi connectivity index (χ1) is 12.7. The molecule has 1 amide bonds. The number of carbonyl (C=O) groups is 1. The second-order valence-electron chi connectivity index (χ2n) is 6.71. The molecule has 0 bridgehead atoms. The monoisotopic (exact) mass is 356 g/mol. The van der Waals surface area contributed by atoms with E-state index < -0.39 is 0 Å². The molecule has 2 heterocycles. The quantitative estimate of drug-likeness (QED) is 0.759. The zero-order chi connectivity index (χ0) is 18.2. The molecular formula is C21H25FN2O2. The van der Waals surface area contributed by atoms with Crippen molar-refractivity contribution in [2.75, 3.05) is 13.2 Å². The van der Waals surface area contributed by atoms with Crippen LogP contribution in [0.1, 0.15) is 36.8 Å². The molecule has 138 valence electrons. The summed E-state index contributed by atoms with van der Waals surface area (Å²) in [7, 11) is 0. The minimum atomic E-state index is -0.225. The fourth-order valence-electron chi connectivity index (χ4n) is 3.25. The second-order valence-corrected chi connectivity index (χ2v) is 6.71. The van der Waals surface area contributed by atoms with Crippen molar-refractivity contribution in [3.8, 4) is 0 Å². The molecule has 1 aromatic carbocycles. The minimum Gasteiger partial charge on any atom is -0.378 e. The number of halogens is 1. The molecule has 26 heavy (non-hydrogen) atoms. The Morgan fingerprint density at radius 3 is 2.85 bits per heavy atom. The summed E-state index contributed by atoms with van der Waals surface area (Å²) in [6.07, 6.45) is 7.46. The van der Waals surface area contributed by atoms with E-state index in [1.54, 1.807) is 29.4 Å². The van der Waals surface area contributed by atoms with E-state index in [-0.39, 0.29) is 17.8 Å². The Balaban J connectivity index is 1.66. The summed E-state index contributed by atoms with van der Waals surface area (Å²) < 4.78 is 19.6. The number of hydrogen-bond acceptors (Lipinski definition) is 3. The summed E-state index contributed by atoms with van der Waals surface area (Å²) in [6, 6.07) is 10.5. The van der Waals surface area contributed by atoms with Gasteiger partial charge in [-0.2, -0.15) is 0 Å². The summed E-state index contributed by atoms with van der Waals surface area (Å²) in [4.78, 5) is 18.8. The van der Waals surface area contributed by atoms with Gasteiger partial charge in [-0.25, -0.2) is 4.39 Å². The molecule has 1 aliphatic rings. The van der Waals surface area contributed by atoms with E-state index in [1.807, 2.05) is 18.2 Å². The van der Waals surface area contributed by atoms with E-state index in [9.17, 15) is 9.18 Å². The highest BCUT2D eigenvalue weighted by Crippen LogP contribution is 2.18. The molecule has 0 aliphatic carbocycles. The Morgan fingerprint density at radius 1 is 1.23 bits per heavy atom. The van der Waals surface area contributed by atoms with E-state index in [0.29, 0.717) is 31.5 Å². The molecular weight excluding hydrogens is 331 g/mol. The third-order valence-electron chi connectivity index (χ3n) is 4.73. The smallest absolute Gasteiger partial charge is 0.225 e. The number of aromatic nitrogens is 1. The fourth-order valence-corrected chi connectivity index (χ4v) is 3.25. The number of amides is 1. The molecule has 4 nitrogen and oxygen atoms in total. The molecule has 1 atom stereocenters. The van der Waals surface area contributed by atoms with Crippen molar-refractivity contribution >= 4 is 5.91 Å².